The Bertz CT molecular complexity index is 353. The highest BCUT2D eigenvalue weighted by molar-refractivity contribution is 7.18. The van der Waals surface area contributed by atoms with Crippen molar-refractivity contribution < 1.29 is 9.90 Å². The number of hydrogen-bond acceptors (Lipinski definition) is 6. The summed E-state index contributed by atoms with van der Waals surface area (Å²) in [7, 11) is 0. The Morgan fingerprint density at radius 1 is 1.56 bits per heavy atom. The lowest BCUT2D eigenvalue weighted by molar-refractivity contribution is 0.0949. The third-order valence-corrected chi connectivity index (χ3v) is 2.81. The van der Waals surface area contributed by atoms with E-state index in [0.717, 1.165) is 13.0 Å². The van der Waals surface area contributed by atoms with E-state index in [0.29, 0.717) is 10.0 Å². The van der Waals surface area contributed by atoms with E-state index in [4.69, 9.17) is 10.8 Å². The molecule has 0 fully saturated rings. The second kappa shape index (κ2) is 6.29. The highest BCUT2D eigenvalue weighted by Crippen LogP contribution is 2.24. The van der Waals surface area contributed by atoms with E-state index in [2.05, 4.69) is 15.6 Å². The first-order valence-corrected chi connectivity index (χ1v) is 5.90. The van der Waals surface area contributed by atoms with E-state index in [1.165, 1.54) is 11.3 Å². The predicted molar refractivity (Wildman–Crippen MR) is 64.7 cm³/mol. The third kappa shape index (κ3) is 3.35. The summed E-state index contributed by atoms with van der Waals surface area (Å²) in [5, 5.41) is 14.8. The number of nitrogens with zero attached hydrogens (tertiary/aromatic N) is 1. The quantitative estimate of drug-likeness (QED) is 0.575. The second-order valence-corrected chi connectivity index (χ2v) is 4.14. The normalized spacial score (nSPS) is 10.1. The zero-order valence-corrected chi connectivity index (χ0v) is 9.93. The lowest BCUT2D eigenvalue weighted by Crippen LogP contribution is -2.26. The molecule has 5 N–H and O–H groups in total. The van der Waals surface area contributed by atoms with Crippen LogP contribution in [0, 0.1) is 0 Å². The van der Waals surface area contributed by atoms with Gasteiger partial charge in [0.15, 0.2) is 5.13 Å². The summed E-state index contributed by atoms with van der Waals surface area (Å²) in [6, 6.07) is 0. The molecular formula is C9H16N4O2S. The molecule has 0 atom stereocenters. The van der Waals surface area contributed by atoms with Crippen molar-refractivity contribution in [1.29, 1.82) is 0 Å². The molecule has 1 rings (SSSR count). The molecule has 7 heteroatoms. The van der Waals surface area contributed by atoms with Crippen LogP contribution in [0.4, 0.5) is 10.9 Å². The molecule has 0 spiro atoms. The number of rotatable bonds is 6. The number of nitrogens with two attached hydrogens (primary N) is 1. The minimum Gasteiger partial charge on any atom is -0.395 e. The molecule has 0 aliphatic carbocycles. The molecule has 6 nitrogen and oxygen atoms in total. The molecule has 0 bridgehead atoms. The van der Waals surface area contributed by atoms with Crippen LogP contribution in [0.25, 0.3) is 0 Å². The Kier molecular flexibility index (Phi) is 5.00. The number of nitrogens with one attached hydrogen (secondary N) is 2. The van der Waals surface area contributed by atoms with Crippen molar-refractivity contribution >= 4 is 28.2 Å². The highest BCUT2D eigenvalue weighted by atomic mass is 32.1. The number of anilines is 2. The summed E-state index contributed by atoms with van der Waals surface area (Å²) in [5.41, 5.74) is 5.62. The van der Waals surface area contributed by atoms with Crippen LogP contribution in [0.3, 0.4) is 0 Å². The Morgan fingerprint density at radius 3 is 2.94 bits per heavy atom. The molecule has 1 amide bonds. The number of carbonyl (C=O) groups excluding carboxylic acids is 1. The van der Waals surface area contributed by atoms with Crippen LogP contribution in [-0.2, 0) is 0 Å². The van der Waals surface area contributed by atoms with Gasteiger partial charge in [-0.2, -0.15) is 0 Å². The molecule has 0 saturated heterocycles. The Balaban J connectivity index is 2.65. The Hall–Kier alpha value is -1.34. The molecule has 0 saturated carbocycles. The van der Waals surface area contributed by atoms with E-state index >= 15 is 0 Å². The molecule has 1 aromatic rings. The van der Waals surface area contributed by atoms with Gasteiger partial charge in [0.05, 0.1) is 6.61 Å². The highest BCUT2D eigenvalue weighted by Gasteiger charge is 2.15. The third-order valence-electron chi connectivity index (χ3n) is 1.78. The van der Waals surface area contributed by atoms with Gasteiger partial charge in [-0.25, -0.2) is 4.98 Å². The van der Waals surface area contributed by atoms with Crippen molar-refractivity contribution in [3.63, 3.8) is 0 Å². The van der Waals surface area contributed by atoms with E-state index in [1.54, 1.807) is 0 Å². The number of aromatic nitrogens is 1. The van der Waals surface area contributed by atoms with Gasteiger partial charge < -0.3 is 21.5 Å². The lowest BCUT2D eigenvalue weighted by atomic mass is 10.4. The number of hydrogen-bond donors (Lipinski definition) is 4. The minimum atomic E-state index is -0.298. The molecule has 0 unspecified atom stereocenters. The molecule has 90 valence electrons. The molecular weight excluding hydrogens is 228 g/mol. The minimum absolute atomic E-state index is 0.0919. The fraction of sp³-hybridized carbons (Fsp3) is 0.556. The zero-order chi connectivity index (χ0) is 12.0. The van der Waals surface area contributed by atoms with E-state index in [-0.39, 0.29) is 24.9 Å². The molecule has 0 aliphatic rings. The fourth-order valence-electron chi connectivity index (χ4n) is 1.05. The number of aliphatic hydroxyl groups excluding tert-OH is 1. The van der Waals surface area contributed by atoms with E-state index < -0.39 is 0 Å². The van der Waals surface area contributed by atoms with Crippen molar-refractivity contribution in [2.24, 2.45) is 0 Å². The van der Waals surface area contributed by atoms with Crippen molar-refractivity contribution in [2.45, 2.75) is 13.3 Å². The monoisotopic (exact) mass is 244 g/mol. The van der Waals surface area contributed by atoms with Gasteiger partial charge in [0.1, 0.15) is 10.7 Å². The summed E-state index contributed by atoms with van der Waals surface area (Å²) in [5.74, 6) is -0.0763. The topological polar surface area (TPSA) is 100 Å². The molecule has 0 aliphatic heterocycles. The van der Waals surface area contributed by atoms with Crippen LogP contribution < -0.4 is 16.4 Å². The van der Waals surface area contributed by atoms with Crippen LogP contribution >= 0.6 is 11.3 Å². The number of aliphatic hydroxyl groups is 1. The van der Waals surface area contributed by atoms with Crippen molar-refractivity contribution in [2.75, 3.05) is 30.7 Å². The molecule has 1 heterocycles. The van der Waals surface area contributed by atoms with Crippen LogP contribution in [-0.4, -0.2) is 35.7 Å². The maximum atomic E-state index is 11.6. The maximum Gasteiger partial charge on any atom is 0.265 e. The number of amides is 1. The summed E-state index contributed by atoms with van der Waals surface area (Å²) < 4.78 is 0. The Morgan fingerprint density at radius 2 is 2.31 bits per heavy atom. The van der Waals surface area contributed by atoms with E-state index in [1.807, 2.05) is 6.92 Å². The predicted octanol–water partition coefficient (Wildman–Crippen LogP) is 0.269. The first-order valence-electron chi connectivity index (χ1n) is 5.08. The van der Waals surface area contributed by atoms with Crippen LogP contribution in [0.15, 0.2) is 0 Å². The van der Waals surface area contributed by atoms with Crippen LogP contribution in [0.5, 0.6) is 0 Å². The Labute approximate surface area is 97.9 Å². The fourth-order valence-corrected chi connectivity index (χ4v) is 1.88. The molecule has 0 aromatic carbocycles. The van der Waals surface area contributed by atoms with Gasteiger partial charge in [0, 0.05) is 13.1 Å². The first kappa shape index (κ1) is 12.7. The zero-order valence-electron chi connectivity index (χ0n) is 9.12. The smallest absolute Gasteiger partial charge is 0.265 e. The molecule has 16 heavy (non-hydrogen) atoms. The number of carbonyl (C=O) groups is 1. The number of thiazole rings is 1. The molecule has 1 aromatic heterocycles. The average Bonchev–Trinajstić information content (AvgIpc) is 2.64. The van der Waals surface area contributed by atoms with E-state index in [9.17, 15) is 4.79 Å². The van der Waals surface area contributed by atoms with Gasteiger partial charge in [-0.1, -0.05) is 18.3 Å². The summed E-state index contributed by atoms with van der Waals surface area (Å²) >= 11 is 1.22. The van der Waals surface area contributed by atoms with Crippen molar-refractivity contribution in [3.8, 4) is 0 Å². The average molecular weight is 244 g/mol. The first-order chi connectivity index (χ1) is 7.69. The SMILES string of the molecule is CCCNc1nc(N)c(C(=O)NCCO)s1. The standard InChI is InChI=1S/C9H16N4O2S/c1-2-3-12-9-13-7(10)6(16-9)8(15)11-4-5-14/h14H,2-5,10H2,1H3,(H,11,15)(H,12,13). The van der Waals surface area contributed by atoms with Gasteiger partial charge in [0.25, 0.3) is 5.91 Å². The van der Waals surface area contributed by atoms with Gasteiger partial charge in [0.2, 0.25) is 0 Å². The van der Waals surface area contributed by atoms with Gasteiger partial charge in [-0.15, -0.1) is 0 Å². The number of nitrogen functional groups attached to an aromatic ring is 1. The van der Waals surface area contributed by atoms with Crippen LogP contribution in [0.2, 0.25) is 0 Å². The van der Waals surface area contributed by atoms with Gasteiger partial charge in [-0.3, -0.25) is 4.79 Å². The van der Waals surface area contributed by atoms with Crippen molar-refractivity contribution in [1.82, 2.24) is 10.3 Å². The largest absolute Gasteiger partial charge is 0.395 e. The van der Waals surface area contributed by atoms with Crippen LogP contribution in [0.1, 0.15) is 23.0 Å². The van der Waals surface area contributed by atoms with Gasteiger partial charge >= 0.3 is 0 Å². The van der Waals surface area contributed by atoms with Gasteiger partial charge in [-0.05, 0) is 6.42 Å². The summed E-state index contributed by atoms with van der Waals surface area (Å²) in [6.07, 6.45) is 0.978. The second-order valence-electron chi connectivity index (χ2n) is 3.14. The summed E-state index contributed by atoms with van der Waals surface area (Å²) in [6.45, 7) is 2.96. The molecule has 0 radical (unpaired) electrons. The summed E-state index contributed by atoms with van der Waals surface area (Å²) in [4.78, 5) is 16.0. The lowest BCUT2D eigenvalue weighted by Gasteiger charge is -1.99. The van der Waals surface area contributed by atoms with Crippen molar-refractivity contribution in [3.05, 3.63) is 4.88 Å². The maximum absolute atomic E-state index is 11.6.